The topological polar surface area (TPSA) is 303 Å². The smallest absolute Gasteiger partial charge is 0.394 e. The molecule has 6 amide bonds. The molecule has 388 valence electrons. The van der Waals surface area contributed by atoms with E-state index in [2.05, 4.69) is 42.9 Å². The number of aromatic nitrogens is 2. The molecule has 0 bridgehead atoms. The molecular weight excluding hydrogens is 916 g/mol. The Hall–Kier alpha value is -4.76. The number of carbonyl (C=O) groups is 6. The number of aliphatic hydroxyl groups is 1. The van der Waals surface area contributed by atoms with Crippen molar-refractivity contribution in [2.45, 2.75) is 174 Å². The zero-order valence-electron chi connectivity index (χ0n) is 41.5. The molecule has 0 saturated carbocycles. The van der Waals surface area contributed by atoms with Gasteiger partial charge in [0.2, 0.25) is 35.4 Å². The quantitative estimate of drug-likeness (QED) is 0.0411. The van der Waals surface area contributed by atoms with Crippen molar-refractivity contribution in [1.29, 1.82) is 0 Å². The average Bonchev–Trinajstić information content (AvgIpc) is 3.93. The van der Waals surface area contributed by atoms with E-state index in [1.165, 1.54) is 10.5 Å². The number of hydrogen-bond acceptors (Lipinski definition) is 12. The van der Waals surface area contributed by atoms with Gasteiger partial charge >= 0.3 is 7.82 Å². The molecule has 0 aliphatic carbocycles. The number of nitrogens with one attached hydrogen (secondary N) is 4. The van der Waals surface area contributed by atoms with Gasteiger partial charge in [-0.05, 0) is 98.0 Å². The van der Waals surface area contributed by atoms with E-state index in [-0.39, 0.29) is 43.3 Å². The van der Waals surface area contributed by atoms with Crippen molar-refractivity contribution >= 4 is 43.3 Å². The Balaban J connectivity index is 1.79. The molecule has 0 spiro atoms. The minimum absolute atomic E-state index is 0.0422. The van der Waals surface area contributed by atoms with Crippen LogP contribution in [0.1, 0.15) is 118 Å². The highest BCUT2D eigenvalue weighted by molar-refractivity contribution is 7.46. The fraction of sp³-hybridized carbons (Fsp3) is 0.681. The van der Waals surface area contributed by atoms with Crippen LogP contribution in [-0.2, 0) is 66.7 Å². The molecule has 0 unspecified atom stereocenters. The van der Waals surface area contributed by atoms with Gasteiger partial charge in [-0.25, -0.2) is 9.55 Å². The van der Waals surface area contributed by atoms with E-state index < -0.39 is 85.9 Å². The maximum Gasteiger partial charge on any atom is 0.469 e. The number of benzene rings is 1. The number of imidazole rings is 1. The van der Waals surface area contributed by atoms with Gasteiger partial charge in [0.05, 0.1) is 43.3 Å². The minimum Gasteiger partial charge on any atom is -0.394 e. The highest BCUT2D eigenvalue weighted by Gasteiger charge is 2.38. The van der Waals surface area contributed by atoms with Crippen LogP contribution in [0.2, 0.25) is 0 Å². The summed E-state index contributed by atoms with van der Waals surface area (Å²) in [7, 11) is -5.13. The van der Waals surface area contributed by atoms with Crippen molar-refractivity contribution in [2.24, 2.45) is 11.7 Å². The van der Waals surface area contributed by atoms with E-state index >= 15 is 0 Å². The zero-order chi connectivity index (χ0) is 51.5. The Morgan fingerprint density at radius 3 is 2.14 bits per heavy atom. The zero-order valence-corrected chi connectivity index (χ0v) is 42.4. The van der Waals surface area contributed by atoms with Gasteiger partial charge in [0.15, 0.2) is 0 Å². The highest BCUT2D eigenvalue weighted by Crippen LogP contribution is 2.38. The van der Waals surface area contributed by atoms with Gasteiger partial charge in [-0.2, -0.15) is 0 Å². The highest BCUT2D eigenvalue weighted by atomic mass is 31.2. The first-order valence-corrected chi connectivity index (χ1v) is 25.3. The molecule has 3 rings (SSSR count). The second-order valence-corrected chi connectivity index (χ2v) is 20.8. The summed E-state index contributed by atoms with van der Waals surface area (Å²) in [6.07, 6.45) is 6.65. The van der Waals surface area contributed by atoms with Crippen molar-refractivity contribution in [2.75, 3.05) is 26.4 Å². The maximum absolute atomic E-state index is 14.3. The lowest BCUT2D eigenvalue weighted by Gasteiger charge is -2.30. The largest absolute Gasteiger partial charge is 0.469 e. The van der Waals surface area contributed by atoms with Gasteiger partial charge in [-0.15, -0.1) is 0 Å². The van der Waals surface area contributed by atoms with Crippen molar-refractivity contribution < 1.29 is 62.2 Å². The van der Waals surface area contributed by atoms with Crippen LogP contribution in [0.15, 0.2) is 42.9 Å². The van der Waals surface area contributed by atoms with E-state index in [0.29, 0.717) is 44.7 Å². The normalized spacial score (nSPS) is 16.6. The van der Waals surface area contributed by atoms with Gasteiger partial charge in [0.1, 0.15) is 30.2 Å². The van der Waals surface area contributed by atoms with Crippen molar-refractivity contribution in [3.8, 4) is 0 Å². The lowest BCUT2D eigenvalue weighted by atomic mass is 10.0. The summed E-state index contributed by atoms with van der Waals surface area (Å²) in [6.45, 7) is 15.0. The Morgan fingerprint density at radius 1 is 0.870 bits per heavy atom. The minimum atomic E-state index is -5.13. The monoisotopic (exact) mass is 993 g/mol. The fourth-order valence-electron chi connectivity index (χ4n) is 7.80. The van der Waals surface area contributed by atoms with Crippen LogP contribution in [0, 0.1) is 5.92 Å². The number of carbonyl (C=O) groups excluding carboxylic acids is 6. The number of amides is 6. The number of rotatable bonds is 30. The van der Waals surface area contributed by atoms with Crippen molar-refractivity contribution in [3.63, 3.8) is 0 Å². The molecule has 1 aliphatic rings. The van der Waals surface area contributed by atoms with Crippen LogP contribution < -0.4 is 27.0 Å². The summed E-state index contributed by atoms with van der Waals surface area (Å²) in [6, 6.07) is 3.14. The third-order valence-electron chi connectivity index (χ3n) is 11.5. The Bertz CT molecular complexity index is 2020. The molecule has 9 N–H and O–H groups in total. The summed E-state index contributed by atoms with van der Waals surface area (Å²) in [5.74, 6) is -4.96. The molecule has 6 atom stereocenters. The van der Waals surface area contributed by atoms with Gasteiger partial charge in [0.25, 0.3) is 0 Å². The molecular formula is C47H77N8O13P. The number of ether oxygens (including phenoxy) is 2. The summed E-state index contributed by atoms with van der Waals surface area (Å²) in [4.78, 5) is 106. The molecule has 69 heavy (non-hydrogen) atoms. The van der Waals surface area contributed by atoms with Crippen molar-refractivity contribution in [1.82, 2.24) is 35.7 Å². The number of nitrogens with two attached hydrogens (primary N) is 1. The second kappa shape index (κ2) is 27.6. The molecule has 1 aromatic heterocycles. The molecule has 22 heteroatoms. The van der Waals surface area contributed by atoms with Crippen LogP contribution >= 0.6 is 7.82 Å². The SMILES string of the molecule is CC(C)C[C@H](NC(=O)[C@@H]1CCCN1C(=O)CCOC(C)(C)CCOC(C)(C)C)C(=O)N[C@@H](Cc1cncn1CCCCCc1ccccc1)C(=O)N[C@@H](CO)C(=O)N[C@H](C(N)=O)[C@@H](C)OP(=O)(O)O. The predicted molar refractivity (Wildman–Crippen MR) is 256 cm³/mol. The number of unbranched alkanes of at least 4 members (excludes halogenated alkanes) is 2. The Morgan fingerprint density at radius 2 is 1.52 bits per heavy atom. The Kier molecular flexibility index (Phi) is 23.4. The molecule has 1 fully saturated rings. The van der Waals surface area contributed by atoms with E-state index in [4.69, 9.17) is 15.2 Å². The lowest BCUT2D eigenvalue weighted by Crippen LogP contribution is -2.61. The van der Waals surface area contributed by atoms with Gasteiger partial charge in [0, 0.05) is 38.0 Å². The van der Waals surface area contributed by atoms with E-state index in [9.17, 15) is 48.2 Å². The second-order valence-electron chi connectivity index (χ2n) is 19.6. The summed E-state index contributed by atoms with van der Waals surface area (Å²) in [5, 5.41) is 20.4. The van der Waals surface area contributed by atoms with E-state index in [0.717, 1.165) is 32.6 Å². The number of hydrogen-bond donors (Lipinski definition) is 8. The number of primary amides is 1. The summed E-state index contributed by atoms with van der Waals surface area (Å²) < 4.78 is 29.7. The van der Waals surface area contributed by atoms with Crippen LogP contribution in [0.25, 0.3) is 0 Å². The summed E-state index contributed by atoms with van der Waals surface area (Å²) >= 11 is 0. The molecule has 2 aromatic rings. The molecule has 1 aliphatic heterocycles. The molecule has 21 nitrogen and oxygen atoms in total. The average molecular weight is 993 g/mol. The van der Waals surface area contributed by atoms with Gasteiger partial charge in [-0.1, -0.05) is 50.6 Å². The Labute approximate surface area is 406 Å². The number of phosphoric acid groups is 1. The number of likely N-dealkylation sites (tertiary alicyclic amines) is 1. The first kappa shape index (κ1) is 58.6. The van der Waals surface area contributed by atoms with Crippen LogP contribution in [0.5, 0.6) is 0 Å². The third-order valence-corrected chi connectivity index (χ3v) is 12.1. The number of aryl methyl sites for hydroxylation is 2. The standard InChI is InChI=1S/C47H77N8O13P/c1-31(2)26-35(51-45(62)38-19-15-23-55(38)39(57)20-24-67-47(7,8)21-25-66-46(4,5)6)42(59)50-36(27-34-28-49-30-54(34)22-14-10-13-18-33-16-11-9-12-17-33)43(60)52-37(29-56)44(61)53-40(41(48)58)32(3)68-69(63,64)65/h9,11-12,16-17,28,30-32,35-38,40,56H,10,13-15,18-27,29H2,1-8H3,(H2,48,58)(H,50,59)(H,51,62)(H,52,60)(H,53,61)(H2,63,64,65)/t32-,35+,36+,37+,38+,40+/m1/s1. The third kappa shape index (κ3) is 21.4. The predicted octanol–water partition coefficient (Wildman–Crippen LogP) is 2.18. The summed E-state index contributed by atoms with van der Waals surface area (Å²) in [5.41, 5.74) is 6.32. The van der Waals surface area contributed by atoms with Crippen LogP contribution in [0.3, 0.4) is 0 Å². The first-order chi connectivity index (χ1) is 32.3. The first-order valence-electron chi connectivity index (χ1n) is 23.7. The fourth-order valence-corrected chi connectivity index (χ4v) is 8.36. The van der Waals surface area contributed by atoms with Gasteiger partial charge < -0.3 is 60.8 Å². The number of phosphoric ester groups is 1. The lowest BCUT2D eigenvalue weighted by molar-refractivity contribution is -0.141. The van der Waals surface area contributed by atoms with E-state index in [1.54, 1.807) is 12.5 Å². The number of nitrogens with zero attached hydrogens (tertiary/aromatic N) is 3. The van der Waals surface area contributed by atoms with Crippen LogP contribution in [0.4, 0.5) is 0 Å². The molecule has 1 aromatic carbocycles. The maximum atomic E-state index is 14.3. The molecule has 2 heterocycles. The van der Waals surface area contributed by atoms with Crippen molar-refractivity contribution in [3.05, 3.63) is 54.1 Å². The molecule has 0 radical (unpaired) electrons. The van der Waals surface area contributed by atoms with Crippen LogP contribution in [-0.4, -0.2) is 139 Å². The number of aliphatic hydroxyl groups excluding tert-OH is 1. The molecule has 1 saturated heterocycles. The van der Waals surface area contributed by atoms with Gasteiger partial charge in [-0.3, -0.25) is 33.3 Å². The van der Waals surface area contributed by atoms with E-state index in [1.807, 2.05) is 71.2 Å².